The van der Waals surface area contributed by atoms with E-state index in [2.05, 4.69) is 4.98 Å². The molecule has 0 spiro atoms. The lowest BCUT2D eigenvalue weighted by Crippen LogP contribution is -2.42. The molecule has 4 nitrogen and oxygen atoms in total. The number of hydrogen-bond donors (Lipinski definition) is 1. The van der Waals surface area contributed by atoms with Gasteiger partial charge in [-0.25, -0.2) is 0 Å². The van der Waals surface area contributed by atoms with Gasteiger partial charge < -0.3 is 5.21 Å². The fourth-order valence-electron chi connectivity index (χ4n) is 1.66. The number of pyridine rings is 1. The quantitative estimate of drug-likeness (QED) is 0.611. The number of carbonyl (C=O) groups is 1. The van der Waals surface area contributed by atoms with E-state index in [1.54, 1.807) is 18.3 Å². The summed E-state index contributed by atoms with van der Waals surface area (Å²) in [4.78, 5) is 16.1. The minimum atomic E-state index is -0.505. The Morgan fingerprint density at radius 3 is 2.69 bits per heavy atom. The fourth-order valence-corrected chi connectivity index (χ4v) is 1.66. The van der Waals surface area contributed by atoms with Gasteiger partial charge in [-0.15, -0.1) is 0 Å². The SMILES string of the molecule is CCN(O)C(C(=O)c1cccnc1)C(C)C. The first-order valence-corrected chi connectivity index (χ1v) is 5.47. The Balaban J connectivity index is 2.92. The molecule has 0 aromatic carbocycles. The first-order valence-electron chi connectivity index (χ1n) is 5.47. The van der Waals surface area contributed by atoms with Gasteiger partial charge >= 0.3 is 0 Å². The van der Waals surface area contributed by atoms with Crippen LogP contribution in [0.2, 0.25) is 0 Å². The highest BCUT2D eigenvalue weighted by atomic mass is 16.5. The van der Waals surface area contributed by atoms with Gasteiger partial charge in [-0.1, -0.05) is 20.8 Å². The molecule has 1 unspecified atom stereocenters. The number of ketones is 1. The summed E-state index contributed by atoms with van der Waals surface area (Å²) >= 11 is 0. The summed E-state index contributed by atoms with van der Waals surface area (Å²) in [5, 5.41) is 10.8. The van der Waals surface area contributed by atoms with Crippen LogP contribution < -0.4 is 0 Å². The van der Waals surface area contributed by atoms with Crippen molar-refractivity contribution in [1.82, 2.24) is 10.0 Å². The van der Waals surface area contributed by atoms with Gasteiger partial charge in [0.25, 0.3) is 0 Å². The average Bonchev–Trinajstić information content (AvgIpc) is 2.29. The van der Waals surface area contributed by atoms with Crippen molar-refractivity contribution in [3.05, 3.63) is 30.1 Å². The maximum atomic E-state index is 12.1. The van der Waals surface area contributed by atoms with Crippen molar-refractivity contribution in [2.45, 2.75) is 26.8 Å². The molecular formula is C12H18N2O2. The molecule has 0 saturated heterocycles. The Kier molecular flexibility index (Phi) is 4.58. The van der Waals surface area contributed by atoms with E-state index in [1.807, 2.05) is 20.8 Å². The molecular weight excluding hydrogens is 204 g/mol. The second kappa shape index (κ2) is 5.72. The van der Waals surface area contributed by atoms with Gasteiger partial charge in [0, 0.05) is 24.5 Å². The van der Waals surface area contributed by atoms with Crippen LogP contribution in [0.15, 0.2) is 24.5 Å². The van der Waals surface area contributed by atoms with Crippen molar-refractivity contribution in [2.75, 3.05) is 6.54 Å². The molecule has 1 aromatic rings. The van der Waals surface area contributed by atoms with Gasteiger partial charge in [-0.05, 0) is 18.1 Å². The second-order valence-corrected chi connectivity index (χ2v) is 4.05. The van der Waals surface area contributed by atoms with Crippen molar-refractivity contribution in [3.63, 3.8) is 0 Å². The average molecular weight is 222 g/mol. The van der Waals surface area contributed by atoms with Crippen molar-refractivity contribution < 1.29 is 10.0 Å². The number of likely N-dealkylation sites (N-methyl/N-ethyl adjacent to an activating group) is 1. The number of hydroxylamine groups is 2. The molecule has 88 valence electrons. The molecule has 0 aliphatic heterocycles. The Morgan fingerprint density at radius 2 is 2.25 bits per heavy atom. The number of carbonyl (C=O) groups excluding carboxylic acids is 1. The van der Waals surface area contributed by atoms with Gasteiger partial charge in [0.2, 0.25) is 0 Å². The zero-order chi connectivity index (χ0) is 12.1. The van der Waals surface area contributed by atoms with Crippen molar-refractivity contribution in [3.8, 4) is 0 Å². The summed E-state index contributed by atoms with van der Waals surface area (Å²) < 4.78 is 0. The highest BCUT2D eigenvalue weighted by molar-refractivity contribution is 5.99. The van der Waals surface area contributed by atoms with Crippen molar-refractivity contribution >= 4 is 5.78 Å². The summed E-state index contributed by atoms with van der Waals surface area (Å²) in [6.45, 7) is 6.07. The molecule has 1 heterocycles. The monoisotopic (exact) mass is 222 g/mol. The highest BCUT2D eigenvalue weighted by Crippen LogP contribution is 2.14. The van der Waals surface area contributed by atoms with Crippen LogP contribution in [-0.4, -0.2) is 33.6 Å². The van der Waals surface area contributed by atoms with Crippen LogP contribution in [0.4, 0.5) is 0 Å². The van der Waals surface area contributed by atoms with Crippen LogP contribution in [0.3, 0.4) is 0 Å². The molecule has 0 aliphatic rings. The van der Waals surface area contributed by atoms with Crippen molar-refractivity contribution in [1.29, 1.82) is 0 Å². The maximum Gasteiger partial charge on any atom is 0.184 e. The third-order valence-corrected chi connectivity index (χ3v) is 2.49. The topological polar surface area (TPSA) is 53.4 Å². The smallest absolute Gasteiger partial charge is 0.184 e. The molecule has 0 aliphatic carbocycles. The molecule has 1 N–H and O–H groups in total. The molecule has 0 bridgehead atoms. The number of rotatable bonds is 5. The summed E-state index contributed by atoms with van der Waals surface area (Å²) in [7, 11) is 0. The van der Waals surface area contributed by atoms with Crippen LogP contribution >= 0.6 is 0 Å². The number of nitrogens with zero attached hydrogens (tertiary/aromatic N) is 2. The Bertz CT molecular complexity index is 338. The lowest BCUT2D eigenvalue weighted by atomic mass is 9.95. The zero-order valence-electron chi connectivity index (χ0n) is 9.92. The largest absolute Gasteiger partial charge is 0.313 e. The van der Waals surface area contributed by atoms with E-state index in [0.29, 0.717) is 12.1 Å². The highest BCUT2D eigenvalue weighted by Gasteiger charge is 2.28. The molecule has 1 rings (SSSR count). The van der Waals surface area contributed by atoms with Crippen LogP contribution in [0.1, 0.15) is 31.1 Å². The summed E-state index contributed by atoms with van der Waals surface area (Å²) in [5.74, 6) is -0.0369. The summed E-state index contributed by atoms with van der Waals surface area (Å²) in [5.41, 5.74) is 0.536. The third-order valence-electron chi connectivity index (χ3n) is 2.49. The lowest BCUT2D eigenvalue weighted by molar-refractivity contribution is -0.120. The van der Waals surface area contributed by atoms with E-state index < -0.39 is 6.04 Å². The van der Waals surface area contributed by atoms with E-state index in [4.69, 9.17) is 0 Å². The first-order chi connectivity index (χ1) is 7.57. The number of Topliss-reactive ketones (excluding diaryl/α,β-unsaturated/α-hetero) is 1. The summed E-state index contributed by atoms with van der Waals surface area (Å²) in [6, 6.07) is 2.93. The lowest BCUT2D eigenvalue weighted by Gasteiger charge is -2.26. The van der Waals surface area contributed by atoms with Gasteiger partial charge in [0.1, 0.15) is 6.04 Å². The molecule has 0 saturated carbocycles. The minimum absolute atomic E-state index is 0.0534. The standard InChI is InChI=1S/C12H18N2O2/c1-4-14(16)11(9(2)3)12(15)10-6-5-7-13-8-10/h5-9,11,16H,4H2,1-3H3. The van der Waals surface area contributed by atoms with E-state index in [9.17, 15) is 10.0 Å². The van der Waals surface area contributed by atoms with Crippen LogP contribution in [-0.2, 0) is 0 Å². The Morgan fingerprint density at radius 1 is 1.56 bits per heavy atom. The van der Waals surface area contributed by atoms with Gasteiger partial charge in [0.05, 0.1) is 0 Å². The van der Waals surface area contributed by atoms with Gasteiger partial charge in [-0.3, -0.25) is 9.78 Å². The van der Waals surface area contributed by atoms with Gasteiger partial charge in [0.15, 0.2) is 5.78 Å². The normalized spacial score (nSPS) is 13.1. The minimum Gasteiger partial charge on any atom is -0.313 e. The second-order valence-electron chi connectivity index (χ2n) is 4.05. The first kappa shape index (κ1) is 12.8. The fraction of sp³-hybridized carbons (Fsp3) is 0.500. The predicted octanol–water partition coefficient (Wildman–Crippen LogP) is 2.00. The summed E-state index contributed by atoms with van der Waals surface area (Å²) in [6.07, 6.45) is 3.15. The molecule has 1 atom stereocenters. The number of hydrogen-bond acceptors (Lipinski definition) is 4. The molecule has 1 aromatic heterocycles. The maximum absolute atomic E-state index is 12.1. The van der Waals surface area contributed by atoms with E-state index in [-0.39, 0.29) is 11.7 Å². The molecule has 0 fully saturated rings. The Labute approximate surface area is 95.9 Å². The van der Waals surface area contributed by atoms with Crippen molar-refractivity contribution in [2.24, 2.45) is 5.92 Å². The van der Waals surface area contributed by atoms with Crippen LogP contribution in [0.25, 0.3) is 0 Å². The van der Waals surface area contributed by atoms with E-state index in [1.165, 1.54) is 6.20 Å². The van der Waals surface area contributed by atoms with E-state index in [0.717, 1.165) is 5.06 Å². The molecule has 0 amide bonds. The van der Waals surface area contributed by atoms with E-state index >= 15 is 0 Å². The van der Waals surface area contributed by atoms with Crippen LogP contribution in [0, 0.1) is 5.92 Å². The molecule has 0 radical (unpaired) electrons. The Hall–Kier alpha value is -1.26. The molecule has 4 heteroatoms. The number of aromatic nitrogens is 1. The predicted molar refractivity (Wildman–Crippen MR) is 61.4 cm³/mol. The third kappa shape index (κ3) is 2.87. The molecule has 16 heavy (non-hydrogen) atoms. The zero-order valence-corrected chi connectivity index (χ0v) is 9.92. The van der Waals surface area contributed by atoms with Gasteiger partial charge in [-0.2, -0.15) is 5.06 Å². The van der Waals surface area contributed by atoms with Crippen LogP contribution in [0.5, 0.6) is 0 Å².